The molecule has 0 saturated carbocycles. The molecule has 0 aromatic heterocycles. The third-order valence-corrected chi connectivity index (χ3v) is 3.12. The van der Waals surface area contributed by atoms with E-state index in [1.807, 2.05) is 30.3 Å². The quantitative estimate of drug-likeness (QED) is 0.744. The van der Waals surface area contributed by atoms with Gasteiger partial charge in [0.1, 0.15) is 0 Å². The highest BCUT2D eigenvalue weighted by Crippen LogP contribution is 2.13. The summed E-state index contributed by atoms with van der Waals surface area (Å²) < 4.78 is 0. The van der Waals surface area contributed by atoms with Gasteiger partial charge in [-0.2, -0.15) is 0 Å². The van der Waals surface area contributed by atoms with E-state index in [-0.39, 0.29) is 24.4 Å². The van der Waals surface area contributed by atoms with Crippen molar-refractivity contribution in [2.45, 2.75) is 6.42 Å². The number of hydrogen-bond donors (Lipinski definition) is 3. The number of anilines is 1. The molecule has 0 radical (unpaired) electrons. The average molecular weight is 311 g/mol. The normalized spacial score (nSPS) is 9.91. The molecule has 0 fully saturated rings. The molecule has 0 spiro atoms. The molecule has 0 unspecified atom stereocenters. The van der Waals surface area contributed by atoms with Gasteiger partial charge in [-0.1, -0.05) is 42.5 Å². The molecule has 3 amide bonds. The van der Waals surface area contributed by atoms with Gasteiger partial charge in [0, 0.05) is 0 Å². The third kappa shape index (κ3) is 4.96. The van der Waals surface area contributed by atoms with Gasteiger partial charge >= 0.3 is 0 Å². The van der Waals surface area contributed by atoms with Crippen LogP contribution in [0.25, 0.3) is 0 Å². The summed E-state index contributed by atoms with van der Waals surface area (Å²) in [7, 11) is 0. The van der Waals surface area contributed by atoms with E-state index in [4.69, 9.17) is 5.73 Å². The van der Waals surface area contributed by atoms with Crippen molar-refractivity contribution in [3.05, 3.63) is 65.7 Å². The van der Waals surface area contributed by atoms with Crippen LogP contribution in [0.5, 0.6) is 0 Å². The molecule has 2 rings (SSSR count). The van der Waals surface area contributed by atoms with E-state index in [2.05, 4.69) is 10.6 Å². The minimum Gasteiger partial charge on any atom is -0.366 e. The van der Waals surface area contributed by atoms with Gasteiger partial charge in [-0.3, -0.25) is 14.4 Å². The highest BCUT2D eigenvalue weighted by molar-refractivity contribution is 6.03. The fourth-order valence-electron chi connectivity index (χ4n) is 2.02. The zero-order chi connectivity index (χ0) is 16.7. The molecular formula is C17H17N3O3. The van der Waals surface area contributed by atoms with E-state index in [0.29, 0.717) is 5.69 Å². The molecule has 2 aromatic carbocycles. The van der Waals surface area contributed by atoms with Crippen LogP contribution in [0.4, 0.5) is 5.69 Å². The molecule has 0 bridgehead atoms. The standard InChI is InChI=1S/C17H17N3O3/c18-17(23)13-8-4-5-9-14(13)20-16(22)11-19-15(21)10-12-6-2-1-3-7-12/h1-9H,10-11H2,(H2,18,23)(H,19,21)(H,20,22). The van der Waals surface area contributed by atoms with E-state index in [1.54, 1.807) is 18.2 Å². The smallest absolute Gasteiger partial charge is 0.250 e. The summed E-state index contributed by atoms with van der Waals surface area (Å²) in [6.07, 6.45) is 0.200. The zero-order valence-electron chi connectivity index (χ0n) is 12.4. The molecular weight excluding hydrogens is 294 g/mol. The molecule has 0 aliphatic carbocycles. The summed E-state index contributed by atoms with van der Waals surface area (Å²) in [4.78, 5) is 34.9. The Bertz CT molecular complexity index is 714. The summed E-state index contributed by atoms with van der Waals surface area (Å²) in [6.45, 7) is -0.182. The topological polar surface area (TPSA) is 101 Å². The lowest BCUT2D eigenvalue weighted by molar-refractivity contribution is -0.123. The number of para-hydroxylation sites is 1. The van der Waals surface area contributed by atoms with Crippen molar-refractivity contribution in [2.75, 3.05) is 11.9 Å². The Balaban J connectivity index is 1.86. The van der Waals surface area contributed by atoms with Crippen LogP contribution in [0.2, 0.25) is 0 Å². The second-order valence-electron chi connectivity index (χ2n) is 4.90. The van der Waals surface area contributed by atoms with Gasteiger partial charge < -0.3 is 16.4 Å². The molecule has 6 heteroatoms. The predicted octanol–water partition coefficient (Wildman–Crippen LogP) is 1.08. The zero-order valence-corrected chi connectivity index (χ0v) is 12.4. The van der Waals surface area contributed by atoms with E-state index in [9.17, 15) is 14.4 Å². The third-order valence-electron chi connectivity index (χ3n) is 3.12. The molecule has 4 N–H and O–H groups in total. The largest absolute Gasteiger partial charge is 0.366 e. The number of rotatable bonds is 6. The molecule has 2 aromatic rings. The van der Waals surface area contributed by atoms with Gasteiger partial charge in [0.05, 0.1) is 24.2 Å². The Morgan fingerprint density at radius 2 is 1.52 bits per heavy atom. The number of nitrogens with one attached hydrogen (secondary N) is 2. The van der Waals surface area contributed by atoms with E-state index in [0.717, 1.165) is 5.56 Å². The first-order chi connectivity index (χ1) is 11.1. The van der Waals surface area contributed by atoms with Crippen LogP contribution in [0, 0.1) is 0 Å². The lowest BCUT2D eigenvalue weighted by Gasteiger charge is -2.09. The van der Waals surface area contributed by atoms with Gasteiger partial charge in [-0.05, 0) is 17.7 Å². The molecule has 0 saturated heterocycles. The van der Waals surface area contributed by atoms with Crippen molar-refractivity contribution in [2.24, 2.45) is 5.73 Å². The molecule has 0 aliphatic rings. The second-order valence-corrected chi connectivity index (χ2v) is 4.90. The van der Waals surface area contributed by atoms with Crippen molar-refractivity contribution in [1.29, 1.82) is 0 Å². The number of benzene rings is 2. The molecule has 0 heterocycles. The minimum absolute atomic E-state index is 0.182. The molecule has 0 atom stereocenters. The maximum absolute atomic E-state index is 11.9. The van der Waals surface area contributed by atoms with Crippen LogP contribution < -0.4 is 16.4 Å². The molecule has 6 nitrogen and oxygen atoms in total. The molecule has 118 valence electrons. The summed E-state index contributed by atoms with van der Waals surface area (Å²) in [5.41, 5.74) is 6.64. The SMILES string of the molecule is NC(=O)c1ccccc1NC(=O)CNC(=O)Cc1ccccc1. The first kappa shape index (κ1) is 16.2. The lowest BCUT2D eigenvalue weighted by Crippen LogP contribution is -2.34. The van der Waals surface area contributed by atoms with Crippen LogP contribution in [0.15, 0.2) is 54.6 Å². The Labute approximate surface area is 133 Å². The Morgan fingerprint density at radius 1 is 0.870 bits per heavy atom. The Morgan fingerprint density at radius 3 is 2.22 bits per heavy atom. The van der Waals surface area contributed by atoms with E-state index in [1.165, 1.54) is 6.07 Å². The maximum atomic E-state index is 11.9. The van der Waals surface area contributed by atoms with Crippen LogP contribution in [0.1, 0.15) is 15.9 Å². The fourth-order valence-corrected chi connectivity index (χ4v) is 2.02. The van der Waals surface area contributed by atoms with Crippen molar-refractivity contribution < 1.29 is 14.4 Å². The highest BCUT2D eigenvalue weighted by atomic mass is 16.2. The number of primary amides is 1. The number of carbonyl (C=O) groups is 3. The minimum atomic E-state index is -0.631. The number of nitrogens with two attached hydrogens (primary N) is 1. The monoisotopic (exact) mass is 311 g/mol. The summed E-state index contributed by atoms with van der Waals surface area (Å²) >= 11 is 0. The maximum Gasteiger partial charge on any atom is 0.250 e. The van der Waals surface area contributed by atoms with Gasteiger partial charge in [0.25, 0.3) is 5.91 Å². The van der Waals surface area contributed by atoms with Crippen LogP contribution >= 0.6 is 0 Å². The van der Waals surface area contributed by atoms with Crippen molar-refractivity contribution >= 4 is 23.4 Å². The van der Waals surface area contributed by atoms with Crippen molar-refractivity contribution in [3.63, 3.8) is 0 Å². The van der Waals surface area contributed by atoms with Gasteiger partial charge in [0.2, 0.25) is 11.8 Å². The summed E-state index contributed by atoms with van der Waals surface area (Å²) in [5, 5.41) is 5.09. The number of carbonyl (C=O) groups excluding carboxylic acids is 3. The number of hydrogen-bond acceptors (Lipinski definition) is 3. The van der Waals surface area contributed by atoms with Crippen LogP contribution in [0.3, 0.4) is 0 Å². The van der Waals surface area contributed by atoms with Crippen LogP contribution in [-0.4, -0.2) is 24.3 Å². The van der Waals surface area contributed by atoms with Crippen LogP contribution in [-0.2, 0) is 16.0 Å². The number of amides is 3. The van der Waals surface area contributed by atoms with Crippen molar-refractivity contribution in [1.82, 2.24) is 5.32 Å². The lowest BCUT2D eigenvalue weighted by atomic mass is 10.1. The molecule has 0 aliphatic heterocycles. The first-order valence-electron chi connectivity index (χ1n) is 7.05. The highest BCUT2D eigenvalue weighted by Gasteiger charge is 2.11. The summed E-state index contributed by atoms with van der Waals surface area (Å²) in [6, 6.07) is 15.6. The molecule has 23 heavy (non-hydrogen) atoms. The second kappa shape index (κ2) is 7.74. The van der Waals surface area contributed by atoms with Gasteiger partial charge in [-0.15, -0.1) is 0 Å². The Kier molecular flexibility index (Phi) is 5.46. The van der Waals surface area contributed by atoms with Crippen molar-refractivity contribution in [3.8, 4) is 0 Å². The summed E-state index contributed by atoms with van der Waals surface area (Å²) in [5.74, 6) is -1.32. The van der Waals surface area contributed by atoms with Gasteiger partial charge in [0.15, 0.2) is 0 Å². The Hall–Kier alpha value is -3.15. The fraction of sp³-hybridized carbons (Fsp3) is 0.118. The van der Waals surface area contributed by atoms with E-state index >= 15 is 0 Å². The average Bonchev–Trinajstić information content (AvgIpc) is 2.54. The van der Waals surface area contributed by atoms with E-state index < -0.39 is 11.8 Å². The first-order valence-corrected chi connectivity index (χ1v) is 7.05. The predicted molar refractivity (Wildman–Crippen MR) is 86.7 cm³/mol. The van der Waals surface area contributed by atoms with Gasteiger partial charge in [-0.25, -0.2) is 0 Å².